The predicted octanol–water partition coefficient (Wildman–Crippen LogP) is 3.56. The Morgan fingerprint density at radius 3 is 2.40 bits per heavy atom. The normalized spacial score (nSPS) is 23.6. The van der Waals surface area contributed by atoms with Crippen molar-refractivity contribution < 1.29 is 17.9 Å². The molecule has 2 nitrogen and oxygen atoms in total. The summed E-state index contributed by atoms with van der Waals surface area (Å²) in [4.78, 5) is 0. The van der Waals surface area contributed by atoms with Crippen LogP contribution in [0.5, 0.6) is 5.75 Å². The SMILES string of the molecule is COc1ccc(CCC2CCC(C(F)(F)F)CN2)cc1. The first-order chi connectivity index (χ1) is 9.49. The van der Waals surface area contributed by atoms with Gasteiger partial charge >= 0.3 is 6.18 Å². The lowest BCUT2D eigenvalue weighted by molar-refractivity contribution is -0.179. The molecule has 0 radical (unpaired) electrons. The van der Waals surface area contributed by atoms with Gasteiger partial charge in [-0.15, -0.1) is 0 Å². The van der Waals surface area contributed by atoms with E-state index in [1.165, 1.54) is 5.56 Å². The molecule has 0 saturated carbocycles. The Morgan fingerprint density at radius 1 is 1.20 bits per heavy atom. The largest absolute Gasteiger partial charge is 0.497 e. The van der Waals surface area contributed by atoms with E-state index in [-0.39, 0.29) is 19.0 Å². The van der Waals surface area contributed by atoms with Gasteiger partial charge in [0.1, 0.15) is 5.75 Å². The van der Waals surface area contributed by atoms with E-state index >= 15 is 0 Å². The number of piperidine rings is 1. The standard InChI is InChI=1S/C15H20F3NO/c1-20-14-8-3-11(4-9-14)2-6-13-7-5-12(10-19-13)15(16,17)18/h3-4,8-9,12-13,19H,2,5-7,10H2,1H3. The van der Waals surface area contributed by atoms with E-state index in [1.54, 1.807) is 7.11 Å². The van der Waals surface area contributed by atoms with E-state index in [1.807, 2.05) is 24.3 Å². The fourth-order valence-electron chi connectivity index (χ4n) is 2.57. The topological polar surface area (TPSA) is 21.3 Å². The molecule has 5 heteroatoms. The third kappa shape index (κ3) is 4.13. The van der Waals surface area contributed by atoms with Crippen LogP contribution >= 0.6 is 0 Å². The highest BCUT2D eigenvalue weighted by molar-refractivity contribution is 5.27. The van der Waals surface area contributed by atoms with Crippen LogP contribution in [0.25, 0.3) is 0 Å². The molecule has 0 aliphatic carbocycles. The average Bonchev–Trinajstić information content (AvgIpc) is 2.45. The smallest absolute Gasteiger partial charge is 0.393 e. The summed E-state index contributed by atoms with van der Waals surface area (Å²) in [6.07, 6.45) is -1.48. The second-order valence-electron chi connectivity index (χ2n) is 5.31. The number of hydrogen-bond acceptors (Lipinski definition) is 2. The fourth-order valence-corrected chi connectivity index (χ4v) is 2.57. The van der Waals surface area contributed by atoms with Crippen molar-refractivity contribution in [2.75, 3.05) is 13.7 Å². The molecule has 20 heavy (non-hydrogen) atoms. The second-order valence-corrected chi connectivity index (χ2v) is 5.31. The van der Waals surface area contributed by atoms with Gasteiger partial charge in [-0.25, -0.2) is 0 Å². The highest BCUT2D eigenvalue weighted by atomic mass is 19.4. The molecular weight excluding hydrogens is 267 g/mol. The molecule has 0 bridgehead atoms. The Labute approximate surface area is 117 Å². The maximum Gasteiger partial charge on any atom is 0.393 e. The lowest BCUT2D eigenvalue weighted by Gasteiger charge is -2.31. The maximum atomic E-state index is 12.5. The minimum Gasteiger partial charge on any atom is -0.497 e. The molecule has 2 atom stereocenters. The van der Waals surface area contributed by atoms with Crippen molar-refractivity contribution in [3.8, 4) is 5.75 Å². The molecule has 1 N–H and O–H groups in total. The van der Waals surface area contributed by atoms with Crippen molar-refractivity contribution in [2.24, 2.45) is 5.92 Å². The Morgan fingerprint density at radius 2 is 1.90 bits per heavy atom. The van der Waals surface area contributed by atoms with Gasteiger partial charge in [-0.2, -0.15) is 13.2 Å². The van der Waals surface area contributed by atoms with Gasteiger partial charge < -0.3 is 10.1 Å². The summed E-state index contributed by atoms with van der Waals surface area (Å²) in [5.74, 6) is -0.364. The molecule has 2 rings (SSSR count). The van der Waals surface area contributed by atoms with Crippen molar-refractivity contribution in [1.29, 1.82) is 0 Å². The highest BCUT2D eigenvalue weighted by Gasteiger charge is 2.41. The van der Waals surface area contributed by atoms with Crippen LogP contribution < -0.4 is 10.1 Å². The summed E-state index contributed by atoms with van der Waals surface area (Å²) in [5, 5.41) is 3.02. The van der Waals surface area contributed by atoms with Gasteiger partial charge in [0.2, 0.25) is 0 Å². The Balaban J connectivity index is 1.75. The molecule has 1 aromatic rings. The summed E-state index contributed by atoms with van der Waals surface area (Å²) in [7, 11) is 1.62. The minimum atomic E-state index is -4.06. The van der Waals surface area contributed by atoms with Gasteiger partial charge in [-0.05, 0) is 43.4 Å². The molecule has 0 amide bonds. The van der Waals surface area contributed by atoms with E-state index in [0.29, 0.717) is 6.42 Å². The summed E-state index contributed by atoms with van der Waals surface area (Å²) in [6, 6.07) is 8.00. The molecule has 1 saturated heterocycles. The van der Waals surface area contributed by atoms with Crippen LogP contribution in [0.2, 0.25) is 0 Å². The average molecular weight is 287 g/mol. The van der Waals surface area contributed by atoms with Gasteiger partial charge in [-0.1, -0.05) is 12.1 Å². The Kier molecular flexibility index (Phi) is 4.91. The first-order valence-corrected chi connectivity index (χ1v) is 6.92. The van der Waals surface area contributed by atoms with Crippen molar-refractivity contribution in [1.82, 2.24) is 5.32 Å². The molecule has 1 fully saturated rings. The molecule has 1 aliphatic heterocycles. The summed E-state index contributed by atoms with van der Waals surface area (Å²) >= 11 is 0. The van der Waals surface area contributed by atoms with E-state index in [4.69, 9.17) is 4.74 Å². The van der Waals surface area contributed by atoms with Crippen LogP contribution in [-0.2, 0) is 6.42 Å². The lowest BCUT2D eigenvalue weighted by atomic mass is 9.91. The number of rotatable bonds is 4. The number of hydrogen-bond donors (Lipinski definition) is 1. The molecule has 1 aliphatic rings. The monoisotopic (exact) mass is 287 g/mol. The quantitative estimate of drug-likeness (QED) is 0.914. The second kappa shape index (κ2) is 6.48. The molecular formula is C15H20F3NO. The number of ether oxygens (including phenoxy) is 1. The van der Waals surface area contributed by atoms with E-state index in [9.17, 15) is 13.2 Å². The van der Waals surface area contributed by atoms with Crippen molar-refractivity contribution in [3.05, 3.63) is 29.8 Å². The zero-order chi connectivity index (χ0) is 14.6. The fraction of sp³-hybridized carbons (Fsp3) is 0.600. The number of benzene rings is 1. The van der Waals surface area contributed by atoms with Gasteiger partial charge in [0.25, 0.3) is 0 Å². The number of halogens is 3. The van der Waals surface area contributed by atoms with Gasteiger partial charge in [0, 0.05) is 12.6 Å². The summed E-state index contributed by atoms with van der Waals surface area (Å²) in [5.41, 5.74) is 1.19. The Hall–Kier alpha value is -1.23. The zero-order valence-corrected chi connectivity index (χ0v) is 11.5. The Bertz CT molecular complexity index is 408. The summed E-state index contributed by atoms with van der Waals surface area (Å²) in [6.45, 7) is 0.0524. The first kappa shape index (κ1) is 15.2. The van der Waals surface area contributed by atoms with Crippen molar-refractivity contribution >= 4 is 0 Å². The maximum absolute atomic E-state index is 12.5. The minimum absolute atomic E-state index is 0.0524. The number of nitrogens with one attached hydrogen (secondary N) is 1. The van der Waals surface area contributed by atoms with Gasteiger partial charge in [-0.3, -0.25) is 0 Å². The third-order valence-corrected chi connectivity index (χ3v) is 3.92. The molecule has 112 valence electrons. The van der Waals surface area contributed by atoms with Crippen LogP contribution in [0.15, 0.2) is 24.3 Å². The van der Waals surface area contributed by atoms with Crippen LogP contribution in [0, 0.1) is 5.92 Å². The van der Waals surface area contributed by atoms with E-state index in [0.717, 1.165) is 18.6 Å². The molecule has 1 heterocycles. The zero-order valence-electron chi connectivity index (χ0n) is 11.5. The van der Waals surface area contributed by atoms with Crippen LogP contribution in [0.4, 0.5) is 13.2 Å². The van der Waals surface area contributed by atoms with Crippen molar-refractivity contribution in [3.63, 3.8) is 0 Å². The van der Waals surface area contributed by atoms with Crippen LogP contribution in [0.1, 0.15) is 24.8 Å². The number of methoxy groups -OCH3 is 1. The molecule has 1 aromatic carbocycles. The van der Waals surface area contributed by atoms with Crippen LogP contribution in [0.3, 0.4) is 0 Å². The van der Waals surface area contributed by atoms with Crippen molar-refractivity contribution in [2.45, 2.75) is 37.9 Å². The molecule has 0 aromatic heterocycles. The van der Waals surface area contributed by atoms with E-state index < -0.39 is 12.1 Å². The van der Waals surface area contributed by atoms with Crippen LogP contribution in [-0.4, -0.2) is 25.9 Å². The van der Waals surface area contributed by atoms with Gasteiger partial charge in [0.15, 0.2) is 0 Å². The predicted molar refractivity (Wildman–Crippen MR) is 71.9 cm³/mol. The van der Waals surface area contributed by atoms with Gasteiger partial charge in [0.05, 0.1) is 13.0 Å². The molecule has 2 unspecified atom stereocenters. The number of aryl methyl sites for hydroxylation is 1. The first-order valence-electron chi connectivity index (χ1n) is 6.92. The van der Waals surface area contributed by atoms with E-state index in [2.05, 4.69) is 5.32 Å². The highest BCUT2D eigenvalue weighted by Crippen LogP contribution is 2.32. The summed E-state index contributed by atoms with van der Waals surface area (Å²) < 4.78 is 42.7. The third-order valence-electron chi connectivity index (χ3n) is 3.92. The number of alkyl halides is 3. The lowest BCUT2D eigenvalue weighted by Crippen LogP contribution is -2.44. The molecule has 0 spiro atoms.